The number of methoxy groups -OCH3 is 4. The lowest BCUT2D eigenvalue weighted by atomic mass is 10.1. The average Bonchev–Trinajstić information content (AvgIpc) is 3.91. The number of hydrogen-bond acceptors (Lipinski definition) is 13. The molecule has 0 unspecified atom stereocenters. The molecular weight excluding hydrogens is 877 g/mol. The van der Waals surface area contributed by atoms with Crippen molar-refractivity contribution in [3.05, 3.63) is 143 Å². The third-order valence-corrected chi connectivity index (χ3v) is 13.4. The summed E-state index contributed by atoms with van der Waals surface area (Å²) in [6, 6.07) is 31.4. The first kappa shape index (κ1) is 49.8. The molecule has 6 rings (SSSR count). The van der Waals surface area contributed by atoms with E-state index >= 15 is 0 Å². The molecule has 0 saturated carbocycles. The van der Waals surface area contributed by atoms with Crippen molar-refractivity contribution in [2.45, 2.75) is 62.6 Å². The summed E-state index contributed by atoms with van der Waals surface area (Å²) in [5, 5.41) is 18.3. The lowest BCUT2D eigenvalue weighted by Crippen LogP contribution is -2.30. The van der Waals surface area contributed by atoms with Crippen molar-refractivity contribution in [2.24, 2.45) is 14.1 Å². The Balaban J connectivity index is 0.000000244. The van der Waals surface area contributed by atoms with E-state index in [1.807, 2.05) is 24.3 Å². The molecule has 0 atom stereocenters. The van der Waals surface area contributed by atoms with E-state index in [-0.39, 0.29) is 48.5 Å². The first-order chi connectivity index (χ1) is 30.8. The first-order valence-corrected chi connectivity index (χ1v) is 23.2. The van der Waals surface area contributed by atoms with Crippen molar-refractivity contribution >= 4 is 26.0 Å². The number of esters is 1. The molecule has 0 aliphatic carbocycles. The Kier molecular flexibility index (Phi) is 16.6. The van der Waals surface area contributed by atoms with Crippen LogP contribution in [0.5, 0.6) is 23.0 Å². The molecule has 0 amide bonds. The van der Waals surface area contributed by atoms with Gasteiger partial charge in [-0.25, -0.2) is 21.6 Å². The van der Waals surface area contributed by atoms with E-state index in [2.05, 4.69) is 10.2 Å². The quantitative estimate of drug-likeness (QED) is 0.0923. The van der Waals surface area contributed by atoms with Crippen LogP contribution < -0.4 is 18.9 Å². The summed E-state index contributed by atoms with van der Waals surface area (Å²) in [4.78, 5) is 12.2. The topological polar surface area (TPSA) is 194 Å². The number of carbonyl (C=O) groups excluding carboxylic acids is 1. The van der Waals surface area contributed by atoms with Gasteiger partial charge in [-0.3, -0.25) is 9.36 Å². The molecule has 6 aromatic rings. The maximum atomic E-state index is 13.6. The van der Waals surface area contributed by atoms with Gasteiger partial charge in [0.25, 0.3) is 20.0 Å². The lowest BCUT2D eigenvalue weighted by molar-refractivity contribution is 0.0513. The van der Waals surface area contributed by atoms with Crippen LogP contribution in [-0.2, 0) is 70.7 Å². The van der Waals surface area contributed by atoms with Gasteiger partial charge in [-0.15, -0.1) is 0 Å². The summed E-state index contributed by atoms with van der Waals surface area (Å²) in [7, 11) is 1.40. The fourth-order valence-electron chi connectivity index (χ4n) is 6.56. The zero-order valence-electron chi connectivity index (χ0n) is 38.0. The second kappa shape index (κ2) is 21.6. The van der Waals surface area contributed by atoms with Gasteiger partial charge in [0.15, 0.2) is 10.1 Å². The maximum Gasteiger partial charge on any atom is 0.356 e. The van der Waals surface area contributed by atoms with Crippen LogP contribution in [0.15, 0.2) is 119 Å². The Morgan fingerprint density at radius 2 is 0.877 bits per heavy atom. The minimum atomic E-state index is -4.05. The molecule has 0 fully saturated rings. The fraction of sp³-hybridized carbons (Fsp3) is 0.326. The van der Waals surface area contributed by atoms with Crippen molar-refractivity contribution in [3.63, 3.8) is 0 Å². The van der Waals surface area contributed by atoms with Crippen LogP contribution in [0.4, 0.5) is 0 Å². The van der Waals surface area contributed by atoms with Crippen LogP contribution >= 0.6 is 0 Å². The SMILES string of the molecule is CCOC(=O)c1cc(S(=O)(=O)N(Cc2ccc(OC)cc2)Cc2ccc(OC)cc2)nn1C.COc1ccc(CN(Cc2ccc(OC)cc2)S(=O)(=O)c2cc(C(C)(C)O)n(C)n2)cc1. The van der Waals surface area contributed by atoms with Gasteiger partial charge in [-0.05, 0) is 91.6 Å². The van der Waals surface area contributed by atoms with E-state index in [1.165, 1.54) is 37.2 Å². The predicted molar refractivity (Wildman–Crippen MR) is 242 cm³/mol. The zero-order chi connectivity index (χ0) is 47.5. The number of benzene rings is 4. The molecule has 0 aliphatic rings. The molecule has 65 heavy (non-hydrogen) atoms. The highest BCUT2D eigenvalue weighted by Gasteiger charge is 2.32. The van der Waals surface area contributed by atoms with Crippen LogP contribution in [0, 0.1) is 0 Å². The number of rotatable bonds is 19. The molecule has 0 aliphatic heterocycles. The van der Waals surface area contributed by atoms with E-state index in [4.69, 9.17) is 23.7 Å². The standard InChI is InChI=1S/C23H27N3O6S.C23H29N3O5S/c1-5-32-23(27)21-14-22(24-25(21)2)33(28,29)26(15-17-6-10-19(30-3)11-7-17)16-18-8-12-20(31-4)13-9-18;1-23(2,27)21-14-22(24-25(21)3)32(28,29)26(15-17-6-10-19(30-4)11-7-17)16-18-8-12-20(31-5)13-9-18/h6-14H,5,15-16H2,1-4H3;6-14,27H,15-16H2,1-5H3. The average molecular weight is 933 g/mol. The number of hydrogen-bond donors (Lipinski definition) is 1. The Morgan fingerprint density at radius 1 is 0.569 bits per heavy atom. The number of nitrogens with zero attached hydrogens (tertiary/aromatic N) is 6. The van der Waals surface area contributed by atoms with Crippen LogP contribution in [0.3, 0.4) is 0 Å². The molecule has 1 N–H and O–H groups in total. The largest absolute Gasteiger partial charge is 0.497 e. The summed E-state index contributed by atoms with van der Waals surface area (Å²) >= 11 is 0. The van der Waals surface area contributed by atoms with Crippen LogP contribution in [0.1, 0.15) is 59.2 Å². The van der Waals surface area contributed by atoms with Gasteiger partial charge < -0.3 is 28.8 Å². The van der Waals surface area contributed by atoms with E-state index in [0.717, 1.165) is 22.3 Å². The second-order valence-electron chi connectivity index (χ2n) is 15.2. The van der Waals surface area contributed by atoms with Crippen molar-refractivity contribution in [3.8, 4) is 23.0 Å². The summed E-state index contributed by atoms with van der Waals surface area (Å²) in [6.07, 6.45) is 0. The highest BCUT2D eigenvalue weighted by Crippen LogP contribution is 2.28. The molecule has 0 saturated heterocycles. The van der Waals surface area contributed by atoms with Gasteiger partial charge in [0.2, 0.25) is 0 Å². The molecule has 2 aromatic heterocycles. The van der Waals surface area contributed by atoms with Crippen molar-refractivity contribution in [2.75, 3.05) is 35.0 Å². The Bertz CT molecular complexity index is 2620. The van der Waals surface area contributed by atoms with Gasteiger partial charge in [0.1, 0.15) is 34.3 Å². The monoisotopic (exact) mass is 932 g/mol. The minimum absolute atomic E-state index is 0.0595. The van der Waals surface area contributed by atoms with E-state index in [0.29, 0.717) is 28.7 Å². The van der Waals surface area contributed by atoms with Gasteiger partial charge in [0.05, 0.1) is 40.7 Å². The number of aryl methyl sites for hydroxylation is 2. The first-order valence-electron chi connectivity index (χ1n) is 20.3. The molecule has 2 heterocycles. The van der Waals surface area contributed by atoms with E-state index in [1.54, 1.807) is 129 Å². The highest BCUT2D eigenvalue weighted by atomic mass is 32.2. The molecule has 4 aromatic carbocycles. The van der Waals surface area contributed by atoms with Crippen LogP contribution in [0.25, 0.3) is 0 Å². The van der Waals surface area contributed by atoms with Crippen molar-refractivity contribution < 1.29 is 50.4 Å². The second-order valence-corrected chi connectivity index (χ2v) is 19.0. The van der Waals surface area contributed by atoms with Crippen LogP contribution in [-0.4, -0.2) is 91.1 Å². The number of ether oxygens (including phenoxy) is 5. The Hall–Kier alpha value is -6.25. The van der Waals surface area contributed by atoms with Gasteiger partial charge >= 0.3 is 5.97 Å². The molecule has 17 nitrogen and oxygen atoms in total. The molecule has 348 valence electrons. The third kappa shape index (κ3) is 12.7. The molecule has 0 bridgehead atoms. The summed E-state index contributed by atoms with van der Waals surface area (Å²) in [5.41, 5.74) is 2.40. The van der Waals surface area contributed by atoms with Crippen molar-refractivity contribution in [1.29, 1.82) is 0 Å². The van der Waals surface area contributed by atoms with Crippen LogP contribution in [0.2, 0.25) is 0 Å². The molecule has 19 heteroatoms. The minimum Gasteiger partial charge on any atom is -0.497 e. The van der Waals surface area contributed by atoms with Gasteiger partial charge in [-0.2, -0.15) is 18.8 Å². The van der Waals surface area contributed by atoms with E-state index in [9.17, 15) is 26.7 Å². The van der Waals surface area contributed by atoms with Gasteiger partial charge in [0, 0.05) is 52.4 Å². The number of aliphatic hydroxyl groups is 1. The smallest absolute Gasteiger partial charge is 0.356 e. The van der Waals surface area contributed by atoms with E-state index < -0.39 is 31.6 Å². The number of sulfonamides is 2. The number of aromatic nitrogens is 4. The maximum absolute atomic E-state index is 13.6. The normalized spacial score (nSPS) is 11.8. The summed E-state index contributed by atoms with van der Waals surface area (Å²) in [6.45, 7) is 5.53. The fourth-order valence-corrected chi connectivity index (χ4v) is 9.33. The Morgan fingerprint density at radius 3 is 1.15 bits per heavy atom. The Labute approximate surface area is 380 Å². The summed E-state index contributed by atoms with van der Waals surface area (Å²) in [5.74, 6) is 2.10. The summed E-state index contributed by atoms with van der Waals surface area (Å²) < 4.78 is 85.4. The lowest BCUT2D eigenvalue weighted by Gasteiger charge is -2.21. The molecule has 0 spiro atoms. The molecule has 0 radical (unpaired) electrons. The van der Waals surface area contributed by atoms with Crippen molar-refractivity contribution in [1.82, 2.24) is 28.2 Å². The third-order valence-electron chi connectivity index (χ3n) is 10.1. The zero-order valence-corrected chi connectivity index (χ0v) is 39.6. The predicted octanol–water partition coefficient (Wildman–Crippen LogP) is 6.06. The van der Waals surface area contributed by atoms with Gasteiger partial charge in [-0.1, -0.05) is 48.5 Å². The number of carbonyl (C=O) groups is 1. The molecular formula is C46H56N6O11S2. The highest BCUT2D eigenvalue weighted by molar-refractivity contribution is 7.89.